The summed E-state index contributed by atoms with van der Waals surface area (Å²) in [6, 6.07) is 15.0. The molecule has 0 aliphatic carbocycles. The summed E-state index contributed by atoms with van der Waals surface area (Å²) in [7, 11) is 0. The van der Waals surface area contributed by atoms with Gasteiger partial charge in [0.05, 0.1) is 0 Å². The number of nitrogens with one attached hydrogen (secondary N) is 1. The van der Waals surface area contributed by atoms with Crippen molar-refractivity contribution < 1.29 is 9.63 Å². The van der Waals surface area contributed by atoms with Crippen LogP contribution in [0.25, 0.3) is 11.4 Å². The summed E-state index contributed by atoms with van der Waals surface area (Å²) in [4.78, 5) is 4.44. The van der Waals surface area contributed by atoms with Gasteiger partial charge in [0.25, 0.3) is 0 Å². The number of anilines is 1. The average Bonchev–Trinajstić information content (AvgIpc) is 3.14. The zero-order chi connectivity index (χ0) is 14.2. The van der Waals surface area contributed by atoms with Gasteiger partial charge in [-0.3, -0.25) is 0 Å². The van der Waals surface area contributed by atoms with Crippen LogP contribution < -0.4 is 5.32 Å². The van der Waals surface area contributed by atoms with Crippen molar-refractivity contribution in [2.45, 2.75) is 12.5 Å². The molecule has 2 aromatic carbocycles. The third-order valence-electron chi connectivity index (χ3n) is 3.62. The molecule has 4 rings (SSSR count). The maximum Gasteiger partial charge on any atom is 0.249 e. The van der Waals surface area contributed by atoms with Crippen molar-refractivity contribution in [2.24, 2.45) is 0 Å². The Morgan fingerprint density at radius 3 is 2.90 bits per heavy atom. The lowest BCUT2D eigenvalue weighted by molar-refractivity contribution is 0.364. The maximum absolute atomic E-state index is 9.51. The zero-order valence-corrected chi connectivity index (χ0v) is 11.2. The van der Waals surface area contributed by atoms with Crippen LogP contribution in [0.3, 0.4) is 0 Å². The minimum Gasteiger partial charge on any atom is -0.508 e. The number of para-hydroxylation sites is 1. The number of phenols is 1. The zero-order valence-electron chi connectivity index (χ0n) is 11.2. The number of benzene rings is 2. The van der Waals surface area contributed by atoms with E-state index in [1.165, 1.54) is 5.56 Å². The molecule has 2 heterocycles. The molecule has 1 aromatic heterocycles. The summed E-state index contributed by atoms with van der Waals surface area (Å²) in [5.41, 5.74) is 3.10. The Balaban J connectivity index is 1.62. The highest BCUT2D eigenvalue weighted by atomic mass is 16.5. The number of nitrogens with zero attached hydrogens (tertiary/aromatic N) is 2. The van der Waals surface area contributed by atoms with Crippen molar-refractivity contribution in [3.05, 3.63) is 60.0 Å². The van der Waals surface area contributed by atoms with E-state index >= 15 is 0 Å². The summed E-state index contributed by atoms with van der Waals surface area (Å²) in [5.74, 6) is 1.23. The second-order valence-corrected chi connectivity index (χ2v) is 5.06. The lowest BCUT2D eigenvalue weighted by Crippen LogP contribution is -2.05. The fourth-order valence-corrected chi connectivity index (χ4v) is 2.59. The molecule has 0 saturated heterocycles. The van der Waals surface area contributed by atoms with E-state index < -0.39 is 0 Å². The lowest BCUT2D eigenvalue weighted by atomic mass is 10.1. The Hall–Kier alpha value is -2.82. The largest absolute Gasteiger partial charge is 0.508 e. The van der Waals surface area contributed by atoms with E-state index in [1.807, 2.05) is 24.3 Å². The molecule has 21 heavy (non-hydrogen) atoms. The standard InChI is InChI=1S/C16H13N3O2/c20-12-6-3-5-11(8-12)15-18-16(21-19-15)14-9-10-4-1-2-7-13(10)17-14/h1-8,14,17,20H,9H2. The molecule has 0 spiro atoms. The number of aromatic nitrogens is 2. The third-order valence-corrected chi connectivity index (χ3v) is 3.62. The summed E-state index contributed by atoms with van der Waals surface area (Å²) < 4.78 is 5.37. The SMILES string of the molecule is Oc1cccc(-c2noc(C3Cc4ccccc4N3)n2)c1. The molecule has 0 fully saturated rings. The maximum atomic E-state index is 9.51. The van der Waals surface area contributed by atoms with Crippen molar-refractivity contribution in [3.8, 4) is 17.1 Å². The molecule has 1 unspecified atom stereocenters. The van der Waals surface area contributed by atoms with Crippen LogP contribution in [-0.4, -0.2) is 15.2 Å². The molecular formula is C16H13N3O2. The number of hydrogen-bond acceptors (Lipinski definition) is 5. The highest BCUT2D eigenvalue weighted by Crippen LogP contribution is 2.33. The van der Waals surface area contributed by atoms with E-state index in [2.05, 4.69) is 21.5 Å². The molecule has 1 aliphatic rings. The van der Waals surface area contributed by atoms with Gasteiger partial charge in [-0.15, -0.1) is 0 Å². The average molecular weight is 279 g/mol. The van der Waals surface area contributed by atoms with E-state index in [1.54, 1.807) is 18.2 Å². The highest BCUT2D eigenvalue weighted by molar-refractivity contribution is 5.59. The molecule has 2 N–H and O–H groups in total. The van der Waals surface area contributed by atoms with Gasteiger partial charge in [-0.2, -0.15) is 4.98 Å². The number of rotatable bonds is 2. The molecular weight excluding hydrogens is 266 g/mol. The van der Waals surface area contributed by atoms with E-state index in [0.717, 1.165) is 17.7 Å². The van der Waals surface area contributed by atoms with Crippen molar-refractivity contribution in [2.75, 3.05) is 5.32 Å². The van der Waals surface area contributed by atoms with Gasteiger partial charge < -0.3 is 14.9 Å². The van der Waals surface area contributed by atoms with Crippen LogP contribution in [0, 0.1) is 0 Å². The predicted octanol–water partition coefficient (Wildman–Crippen LogP) is 3.15. The molecule has 1 atom stereocenters. The Kier molecular flexibility index (Phi) is 2.64. The highest BCUT2D eigenvalue weighted by Gasteiger charge is 2.26. The second kappa shape index (κ2) is 4.63. The first-order chi connectivity index (χ1) is 10.3. The van der Waals surface area contributed by atoms with Crippen molar-refractivity contribution in [3.63, 3.8) is 0 Å². The first kappa shape index (κ1) is 12.0. The van der Waals surface area contributed by atoms with E-state index in [4.69, 9.17) is 4.52 Å². The Labute approximate surface area is 121 Å². The smallest absolute Gasteiger partial charge is 0.249 e. The van der Waals surface area contributed by atoms with Crippen LogP contribution in [0.15, 0.2) is 53.1 Å². The monoisotopic (exact) mass is 279 g/mol. The van der Waals surface area contributed by atoms with Gasteiger partial charge in [0, 0.05) is 17.7 Å². The minimum absolute atomic E-state index is 0.000888. The van der Waals surface area contributed by atoms with Gasteiger partial charge in [-0.05, 0) is 23.8 Å². The Morgan fingerprint density at radius 2 is 2.05 bits per heavy atom. The number of fused-ring (bicyclic) bond motifs is 1. The summed E-state index contributed by atoms with van der Waals surface area (Å²) in [5, 5.41) is 16.9. The second-order valence-electron chi connectivity index (χ2n) is 5.06. The van der Waals surface area contributed by atoms with Crippen molar-refractivity contribution in [1.82, 2.24) is 10.1 Å². The summed E-state index contributed by atoms with van der Waals surface area (Å²) in [6.45, 7) is 0. The van der Waals surface area contributed by atoms with Gasteiger partial charge in [0.2, 0.25) is 11.7 Å². The van der Waals surface area contributed by atoms with E-state index in [-0.39, 0.29) is 11.8 Å². The first-order valence-corrected chi connectivity index (χ1v) is 6.77. The molecule has 104 valence electrons. The van der Waals surface area contributed by atoms with Crippen molar-refractivity contribution >= 4 is 5.69 Å². The molecule has 1 aliphatic heterocycles. The third kappa shape index (κ3) is 2.12. The van der Waals surface area contributed by atoms with E-state index in [9.17, 15) is 5.11 Å². The topological polar surface area (TPSA) is 71.2 Å². The minimum atomic E-state index is 0.000888. The predicted molar refractivity (Wildman–Crippen MR) is 77.9 cm³/mol. The van der Waals surface area contributed by atoms with Gasteiger partial charge in [-0.1, -0.05) is 35.5 Å². The quantitative estimate of drug-likeness (QED) is 0.754. The van der Waals surface area contributed by atoms with Crippen molar-refractivity contribution in [1.29, 1.82) is 0 Å². The van der Waals surface area contributed by atoms with Crippen LogP contribution in [0.4, 0.5) is 5.69 Å². The molecule has 5 heteroatoms. The normalized spacial score (nSPS) is 16.5. The van der Waals surface area contributed by atoms with Gasteiger partial charge >= 0.3 is 0 Å². The van der Waals surface area contributed by atoms with Gasteiger partial charge in [-0.25, -0.2) is 0 Å². The summed E-state index contributed by atoms with van der Waals surface area (Å²) in [6.07, 6.45) is 0.831. The fraction of sp³-hybridized carbons (Fsp3) is 0.125. The van der Waals surface area contributed by atoms with Gasteiger partial charge in [0.15, 0.2) is 0 Å². The molecule has 0 saturated carbocycles. The van der Waals surface area contributed by atoms with Crippen LogP contribution >= 0.6 is 0 Å². The lowest BCUT2D eigenvalue weighted by Gasteiger charge is -2.04. The van der Waals surface area contributed by atoms with Crippen LogP contribution in [-0.2, 0) is 6.42 Å². The number of phenolic OH excluding ortho intramolecular Hbond substituents is 1. The Morgan fingerprint density at radius 1 is 1.14 bits per heavy atom. The van der Waals surface area contributed by atoms with Crippen LogP contribution in [0.5, 0.6) is 5.75 Å². The van der Waals surface area contributed by atoms with Gasteiger partial charge in [0.1, 0.15) is 11.8 Å². The van der Waals surface area contributed by atoms with Crippen LogP contribution in [0.2, 0.25) is 0 Å². The van der Waals surface area contributed by atoms with Crippen LogP contribution in [0.1, 0.15) is 17.5 Å². The molecule has 5 nitrogen and oxygen atoms in total. The Bertz CT molecular complexity index is 772. The molecule has 0 bridgehead atoms. The first-order valence-electron chi connectivity index (χ1n) is 6.77. The molecule has 0 radical (unpaired) electrons. The molecule has 0 amide bonds. The molecule has 3 aromatic rings. The number of aromatic hydroxyl groups is 1. The summed E-state index contributed by atoms with van der Waals surface area (Å²) >= 11 is 0. The fourth-order valence-electron chi connectivity index (χ4n) is 2.59. The number of hydrogen-bond donors (Lipinski definition) is 2. The van der Waals surface area contributed by atoms with E-state index in [0.29, 0.717) is 11.7 Å².